The monoisotopic (exact) mass is 390 g/mol. The smallest absolute Gasteiger partial charge is 0.257 e. The van der Waals surface area contributed by atoms with Crippen molar-refractivity contribution in [1.82, 2.24) is 15.0 Å². The van der Waals surface area contributed by atoms with Crippen LogP contribution in [0.5, 0.6) is 0 Å². The number of aromatic amines is 2. The summed E-state index contributed by atoms with van der Waals surface area (Å²) in [7, 11) is 0. The Morgan fingerprint density at radius 1 is 1.11 bits per heavy atom. The number of rotatable bonds is 3. The quantitative estimate of drug-likeness (QED) is 0.492. The number of nitrogens with zero attached hydrogens (tertiary/aromatic N) is 1. The molecule has 3 heterocycles. The highest BCUT2D eigenvalue weighted by atomic mass is 32.1. The molecule has 0 fully saturated rings. The number of anilines is 1. The Bertz CT molecular complexity index is 1200. The largest absolute Gasteiger partial charge is 0.338 e. The van der Waals surface area contributed by atoms with E-state index in [0.29, 0.717) is 5.56 Å². The van der Waals surface area contributed by atoms with Gasteiger partial charge in [0.1, 0.15) is 10.8 Å². The van der Waals surface area contributed by atoms with E-state index >= 15 is 0 Å². The van der Waals surface area contributed by atoms with Crippen LogP contribution in [0.4, 0.5) is 5.00 Å². The van der Waals surface area contributed by atoms with Crippen LogP contribution in [0.15, 0.2) is 47.4 Å². The summed E-state index contributed by atoms with van der Waals surface area (Å²) >= 11 is 1.63. The number of fused-ring (bicyclic) bond motifs is 2. The third-order valence-electron chi connectivity index (χ3n) is 5.07. The molecule has 3 aromatic heterocycles. The van der Waals surface area contributed by atoms with Crippen LogP contribution < -0.4 is 10.9 Å². The average molecular weight is 390 g/mol. The molecular formula is C21H18N4O2S. The van der Waals surface area contributed by atoms with E-state index in [1.54, 1.807) is 11.3 Å². The normalized spacial score (nSPS) is 13.4. The summed E-state index contributed by atoms with van der Waals surface area (Å²) in [4.78, 5) is 36.0. The van der Waals surface area contributed by atoms with E-state index in [9.17, 15) is 9.59 Å². The van der Waals surface area contributed by atoms with Gasteiger partial charge in [-0.3, -0.25) is 9.59 Å². The van der Waals surface area contributed by atoms with Gasteiger partial charge in [-0.15, -0.1) is 11.3 Å². The van der Waals surface area contributed by atoms with Gasteiger partial charge in [-0.25, -0.2) is 4.98 Å². The van der Waals surface area contributed by atoms with Gasteiger partial charge in [-0.05, 0) is 49.4 Å². The molecule has 5 rings (SSSR count). The van der Waals surface area contributed by atoms with Gasteiger partial charge in [-0.2, -0.15) is 0 Å². The number of amides is 1. The van der Waals surface area contributed by atoms with Gasteiger partial charge in [0.15, 0.2) is 0 Å². The molecule has 1 aliphatic carbocycles. The van der Waals surface area contributed by atoms with E-state index in [-0.39, 0.29) is 11.5 Å². The van der Waals surface area contributed by atoms with Crippen molar-refractivity contribution in [2.75, 3.05) is 5.32 Å². The number of thiophene rings is 1. The maximum absolute atomic E-state index is 12.7. The number of carbonyl (C=O) groups is 1. The van der Waals surface area contributed by atoms with E-state index in [1.165, 1.54) is 35.2 Å². The lowest BCUT2D eigenvalue weighted by Crippen LogP contribution is -2.14. The lowest BCUT2D eigenvalue weighted by Gasteiger charge is -2.12. The first-order chi connectivity index (χ1) is 13.7. The fourth-order valence-corrected chi connectivity index (χ4v) is 4.99. The number of H-pyrrole nitrogens is 2. The minimum absolute atomic E-state index is 0.230. The van der Waals surface area contributed by atoms with Gasteiger partial charge in [0.25, 0.3) is 5.91 Å². The summed E-state index contributed by atoms with van der Waals surface area (Å²) in [6.45, 7) is 0. The lowest BCUT2D eigenvalue weighted by atomic mass is 9.95. The summed E-state index contributed by atoms with van der Waals surface area (Å²) in [5.41, 5.74) is 4.35. The van der Waals surface area contributed by atoms with Crippen molar-refractivity contribution in [3.05, 3.63) is 69.0 Å². The first-order valence-corrected chi connectivity index (χ1v) is 10.1. The number of para-hydroxylation sites is 2. The number of nitrogens with one attached hydrogen (secondary N) is 3. The van der Waals surface area contributed by atoms with Crippen molar-refractivity contribution < 1.29 is 4.79 Å². The van der Waals surface area contributed by atoms with Crippen LogP contribution in [-0.2, 0) is 12.8 Å². The number of benzene rings is 1. The summed E-state index contributed by atoms with van der Waals surface area (Å²) in [6, 6.07) is 10.8. The Balaban J connectivity index is 1.59. The molecule has 0 spiro atoms. The van der Waals surface area contributed by atoms with Gasteiger partial charge in [0, 0.05) is 17.1 Å². The third-order valence-corrected chi connectivity index (χ3v) is 6.28. The molecule has 6 nitrogen and oxygen atoms in total. The number of hydrogen-bond acceptors (Lipinski definition) is 4. The Morgan fingerprint density at radius 2 is 1.96 bits per heavy atom. The van der Waals surface area contributed by atoms with Crippen LogP contribution in [0.1, 0.15) is 33.6 Å². The summed E-state index contributed by atoms with van der Waals surface area (Å²) in [6.07, 6.45) is 5.77. The summed E-state index contributed by atoms with van der Waals surface area (Å²) in [5, 5.41) is 3.85. The molecule has 4 aromatic rings. The zero-order valence-corrected chi connectivity index (χ0v) is 15.9. The molecule has 0 radical (unpaired) electrons. The zero-order valence-electron chi connectivity index (χ0n) is 15.0. The van der Waals surface area contributed by atoms with Gasteiger partial charge in [-0.1, -0.05) is 12.1 Å². The fourth-order valence-electron chi connectivity index (χ4n) is 3.70. The molecule has 1 amide bonds. The molecule has 1 aromatic carbocycles. The van der Waals surface area contributed by atoms with Crippen LogP contribution in [0.25, 0.3) is 22.4 Å². The van der Waals surface area contributed by atoms with Crippen molar-refractivity contribution in [3.63, 3.8) is 0 Å². The molecule has 0 bridgehead atoms. The summed E-state index contributed by atoms with van der Waals surface area (Å²) < 4.78 is 0. The van der Waals surface area contributed by atoms with Crippen molar-refractivity contribution in [2.24, 2.45) is 0 Å². The predicted molar refractivity (Wildman–Crippen MR) is 111 cm³/mol. The Labute approximate surface area is 164 Å². The molecule has 28 heavy (non-hydrogen) atoms. The lowest BCUT2D eigenvalue weighted by molar-refractivity contribution is 0.102. The minimum Gasteiger partial charge on any atom is -0.338 e. The standard InChI is InChI=1S/C21H18N4O2S/c26-17-10-9-12(11-22-17)20(27)25-21-18(13-5-1-4-8-16(13)28-21)19-23-14-6-2-3-7-15(14)24-19/h2-3,6-7,9-11H,1,4-5,8H2,(H,22,26)(H,23,24)(H,25,27). The van der Waals surface area contributed by atoms with E-state index in [1.807, 2.05) is 24.3 Å². The topological polar surface area (TPSA) is 90.6 Å². The van der Waals surface area contributed by atoms with Gasteiger partial charge >= 0.3 is 0 Å². The second kappa shape index (κ2) is 6.76. The van der Waals surface area contributed by atoms with Crippen LogP contribution in [0, 0.1) is 0 Å². The molecule has 3 N–H and O–H groups in total. The predicted octanol–water partition coefficient (Wildman–Crippen LogP) is 4.11. The SMILES string of the molecule is O=C(Nc1sc2c(c1-c1nc3ccccc3[nH]1)CCCC2)c1ccc(=O)[nH]c1. The first kappa shape index (κ1) is 16.9. The van der Waals surface area contributed by atoms with Gasteiger partial charge < -0.3 is 15.3 Å². The number of pyridine rings is 1. The fraction of sp³-hybridized carbons (Fsp3) is 0.190. The van der Waals surface area contributed by atoms with Gasteiger partial charge in [0.2, 0.25) is 5.56 Å². The molecule has 0 atom stereocenters. The van der Waals surface area contributed by atoms with Crippen LogP contribution in [-0.4, -0.2) is 20.9 Å². The highest BCUT2D eigenvalue weighted by Crippen LogP contribution is 2.43. The first-order valence-electron chi connectivity index (χ1n) is 9.29. The van der Waals surface area contributed by atoms with Gasteiger partial charge in [0.05, 0.1) is 22.2 Å². The van der Waals surface area contributed by atoms with Crippen molar-refractivity contribution >= 4 is 33.3 Å². The van der Waals surface area contributed by atoms with Crippen LogP contribution in [0.3, 0.4) is 0 Å². The minimum atomic E-state index is -0.243. The van der Waals surface area contributed by atoms with Crippen molar-refractivity contribution in [3.8, 4) is 11.4 Å². The Hall–Kier alpha value is -3.19. The number of aromatic nitrogens is 3. The molecule has 0 saturated heterocycles. The highest BCUT2D eigenvalue weighted by Gasteiger charge is 2.25. The second-order valence-corrected chi connectivity index (χ2v) is 8.02. The Morgan fingerprint density at radius 3 is 2.79 bits per heavy atom. The molecule has 7 heteroatoms. The third kappa shape index (κ3) is 2.93. The van der Waals surface area contributed by atoms with E-state index < -0.39 is 0 Å². The number of hydrogen-bond donors (Lipinski definition) is 3. The maximum atomic E-state index is 12.7. The molecule has 0 aliphatic heterocycles. The van der Waals surface area contributed by atoms with Crippen LogP contribution >= 0.6 is 11.3 Å². The molecule has 140 valence electrons. The molecule has 0 unspecified atom stereocenters. The van der Waals surface area contributed by atoms with E-state index in [0.717, 1.165) is 46.7 Å². The molecule has 0 saturated carbocycles. The van der Waals surface area contributed by atoms with Crippen molar-refractivity contribution in [1.29, 1.82) is 0 Å². The summed E-state index contributed by atoms with van der Waals surface area (Å²) in [5.74, 6) is 0.546. The second-order valence-electron chi connectivity index (χ2n) is 6.91. The van der Waals surface area contributed by atoms with Crippen LogP contribution in [0.2, 0.25) is 0 Å². The van der Waals surface area contributed by atoms with E-state index in [4.69, 9.17) is 4.98 Å². The number of aryl methyl sites for hydroxylation is 1. The molecular weight excluding hydrogens is 372 g/mol. The molecule has 1 aliphatic rings. The number of imidazole rings is 1. The highest BCUT2D eigenvalue weighted by molar-refractivity contribution is 7.17. The number of carbonyl (C=O) groups excluding carboxylic acids is 1. The van der Waals surface area contributed by atoms with Crippen molar-refractivity contribution in [2.45, 2.75) is 25.7 Å². The zero-order chi connectivity index (χ0) is 19.1. The Kier molecular flexibility index (Phi) is 4.09. The maximum Gasteiger partial charge on any atom is 0.257 e. The van der Waals surface area contributed by atoms with E-state index in [2.05, 4.69) is 15.3 Å². The average Bonchev–Trinajstić information content (AvgIpc) is 3.28.